The predicted molar refractivity (Wildman–Crippen MR) is 114 cm³/mol. The molecule has 29 heavy (non-hydrogen) atoms. The minimum Gasteiger partial charge on any atom is -0.453 e. The lowest BCUT2D eigenvalue weighted by Crippen LogP contribution is -2.46. The summed E-state index contributed by atoms with van der Waals surface area (Å²) in [6, 6.07) is 25.2. The van der Waals surface area contributed by atoms with E-state index in [1.807, 2.05) is 78.9 Å². The van der Waals surface area contributed by atoms with Crippen molar-refractivity contribution in [1.82, 2.24) is 10.2 Å². The maximum Gasteiger partial charge on any atom is 0.170 e. The Balaban J connectivity index is 1.65. The fraction of sp³-hybridized carbons (Fsp3) is 0.250. The SMILES string of the molecule is OC[C@H](c1ccc(Oc2ccccc2)c(Oc2ccccc2)c1)N1CCNCC1. The molecule has 1 aliphatic heterocycles. The molecule has 5 heteroatoms. The number of nitrogens with zero attached hydrogens (tertiary/aromatic N) is 1. The highest BCUT2D eigenvalue weighted by molar-refractivity contribution is 5.48. The average molecular weight is 390 g/mol. The molecule has 3 aromatic rings. The molecule has 0 amide bonds. The maximum atomic E-state index is 10.1. The van der Waals surface area contributed by atoms with Crippen LogP contribution in [0.4, 0.5) is 0 Å². The molecule has 0 bridgehead atoms. The van der Waals surface area contributed by atoms with Gasteiger partial charge in [-0.05, 0) is 42.0 Å². The molecule has 1 atom stereocenters. The molecule has 2 N–H and O–H groups in total. The topological polar surface area (TPSA) is 54.0 Å². The van der Waals surface area contributed by atoms with Crippen molar-refractivity contribution in [3.8, 4) is 23.0 Å². The number of hydrogen-bond donors (Lipinski definition) is 2. The Morgan fingerprint density at radius 2 is 1.38 bits per heavy atom. The lowest BCUT2D eigenvalue weighted by molar-refractivity contribution is 0.110. The molecule has 0 spiro atoms. The van der Waals surface area contributed by atoms with Gasteiger partial charge in [0, 0.05) is 26.2 Å². The summed E-state index contributed by atoms with van der Waals surface area (Å²) >= 11 is 0. The molecule has 3 aromatic carbocycles. The summed E-state index contributed by atoms with van der Waals surface area (Å²) in [6.45, 7) is 3.73. The van der Waals surface area contributed by atoms with E-state index in [0.717, 1.165) is 43.2 Å². The molecule has 1 saturated heterocycles. The summed E-state index contributed by atoms with van der Waals surface area (Å²) in [4.78, 5) is 2.30. The number of piperazine rings is 1. The first kappa shape index (κ1) is 19.5. The van der Waals surface area contributed by atoms with Gasteiger partial charge in [-0.25, -0.2) is 0 Å². The number of para-hydroxylation sites is 2. The van der Waals surface area contributed by atoms with E-state index in [1.54, 1.807) is 0 Å². The van der Waals surface area contributed by atoms with E-state index in [1.165, 1.54) is 0 Å². The molecule has 1 fully saturated rings. The van der Waals surface area contributed by atoms with E-state index < -0.39 is 0 Å². The summed E-state index contributed by atoms with van der Waals surface area (Å²) in [5, 5.41) is 13.4. The number of benzene rings is 3. The number of hydrogen-bond acceptors (Lipinski definition) is 5. The van der Waals surface area contributed by atoms with Crippen LogP contribution in [-0.2, 0) is 0 Å². The third kappa shape index (κ3) is 4.95. The molecule has 0 radical (unpaired) electrons. The quantitative estimate of drug-likeness (QED) is 0.633. The van der Waals surface area contributed by atoms with Gasteiger partial charge in [0.2, 0.25) is 0 Å². The number of ether oxygens (including phenoxy) is 2. The Bertz CT molecular complexity index is 897. The van der Waals surface area contributed by atoms with Crippen LogP contribution in [0, 0.1) is 0 Å². The van der Waals surface area contributed by atoms with E-state index in [-0.39, 0.29) is 12.6 Å². The smallest absolute Gasteiger partial charge is 0.170 e. The van der Waals surface area contributed by atoms with Gasteiger partial charge in [0.05, 0.1) is 12.6 Å². The maximum absolute atomic E-state index is 10.1. The van der Waals surface area contributed by atoms with E-state index >= 15 is 0 Å². The zero-order valence-electron chi connectivity index (χ0n) is 16.3. The van der Waals surface area contributed by atoms with Crippen LogP contribution in [0.5, 0.6) is 23.0 Å². The van der Waals surface area contributed by atoms with Gasteiger partial charge < -0.3 is 19.9 Å². The van der Waals surface area contributed by atoms with Crippen LogP contribution in [-0.4, -0.2) is 42.8 Å². The minimum absolute atomic E-state index is 0.0592. The van der Waals surface area contributed by atoms with Gasteiger partial charge in [-0.15, -0.1) is 0 Å². The molecule has 0 aliphatic carbocycles. The van der Waals surface area contributed by atoms with Crippen molar-refractivity contribution in [2.45, 2.75) is 6.04 Å². The Hall–Kier alpha value is -2.86. The van der Waals surface area contributed by atoms with Crippen molar-refractivity contribution in [2.24, 2.45) is 0 Å². The normalized spacial score (nSPS) is 15.6. The molecule has 4 rings (SSSR count). The van der Waals surface area contributed by atoms with Crippen molar-refractivity contribution < 1.29 is 14.6 Å². The number of rotatable bonds is 7. The van der Waals surface area contributed by atoms with Crippen LogP contribution >= 0.6 is 0 Å². The molecule has 0 aromatic heterocycles. The average Bonchev–Trinajstić information content (AvgIpc) is 2.78. The molecular weight excluding hydrogens is 364 g/mol. The molecule has 5 nitrogen and oxygen atoms in total. The first-order valence-corrected chi connectivity index (χ1v) is 9.99. The van der Waals surface area contributed by atoms with Crippen molar-refractivity contribution >= 4 is 0 Å². The summed E-state index contributed by atoms with van der Waals surface area (Å²) in [5.41, 5.74) is 1.01. The Kier molecular flexibility index (Phi) is 6.42. The van der Waals surface area contributed by atoms with Gasteiger partial charge in [-0.3, -0.25) is 4.90 Å². The van der Waals surface area contributed by atoms with Crippen molar-refractivity contribution in [2.75, 3.05) is 32.8 Å². The van der Waals surface area contributed by atoms with Gasteiger partial charge in [-0.1, -0.05) is 42.5 Å². The van der Waals surface area contributed by atoms with E-state index in [2.05, 4.69) is 10.2 Å². The number of aliphatic hydroxyl groups is 1. The van der Waals surface area contributed by atoms with E-state index in [0.29, 0.717) is 11.5 Å². The monoisotopic (exact) mass is 390 g/mol. The predicted octanol–water partition coefficient (Wildman–Crippen LogP) is 4.21. The summed E-state index contributed by atoms with van der Waals surface area (Å²) in [6.07, 6.45) is 0. The van der Waals surface area contributed by atoms with Crippen LogP contribution in [0.25, 0.3) is 0 Å². The molecule has 0 unspecified atom stereocenters. The van der Waals surface area contributed by atoms with E-state index in [4.69, 9.17) is 9.47 Å². The summed E-state index contributed by atoms with van der Waals surface area (Å²) in [5.74, 6) is 2.76. The van der Waals surface area contributed by atoms with Crippen LogP contribution in [0.2, 0.25) is 0 Å². The largest absolute Gasteiger partial charge is 0.453 e. The van der Waals surface area contributed by atoms with Crippen molar-refractivity contribution in [3.05, 3.63) is 84.4 Å². The highest BCUT2D eigenvalue weighted by Crippen LogP contribution is 2.37. The van der Waals surface area contributed by atoms with Crippen molar-refractivity contribution in [3.63, 3.8) is 0 Å². The second-order valence-corrected chi connectivity index (χ2v) is 7.02. The summed E-state index contributed by atoms with van der Waals surface area (Å²) in [7, 11) is 0. The first-order chi connectivity index (χ1) is 14.3. The Labute approximate surface area is 171 Å². The molecular formula is C24H26N2O3. The standard InChI is InChI=1S/C24H26N2O3/c27-18-22(26-15-13-25-14-16-26)19-11-12-23(28-20-7-3-1-4-8-20)24(17-19)29-21-9-5-2-6-10-21/h1-12,17,22,25,27H,13-16,18H2/t22-/m1/s1. The minimum atomic E-state index is -0.0685. The fourth-order valence-corrected chi connectivity index (χ4v) is 3.55. The number of aliphatic hydroxyl groups excluding tert-OH is 1. The first-order valence-electron chi connectivity index (χ1n) is 9.99. The van der Waals surface area contributed by atoms with Gasteiger partial charge in [0.1, 0.15) is 11.5 Å². The highest BCUT2D eigenvalue weighted by atomic mass is 16.5. The van der Waals surface area contributed by atoms with Gasteiger partial charge in [-0.2, -0.15) is 0 Å². The Morgan fingerprint density at radius 1 is 0.793 bits per heavy atom. The van der Waals surface area contributed by atoms with Crippen LogP contribution in [0.1, 0.15) is 11.6 Å². The Morgan fingerprint density at radius 3 is 1.97 bits per heavy atom. The lowest BCUT2D eigenvalue weighted by atomic mass is 10.0. The second-order valence-electron chi connectivity index (χ2n) is 7.02. The van der Waals surface area contributed by atoms with Crippen LogP contribution < -0.4 is 14.8 Å². The molecule has 0 saturated carbocycles. The van der Waals surface area contributed by atoms with Crippen LogP contribution in [0.3, 0.4) is 0 Å². The zero-order chi connectivity index (χ0) is 19.9. The third-order valence-corrected chi connectivity index (χ3v) is 5.06. The molecule has 1 heterocycles. The number of nitrogens with one attached hydrogen (secondary N) is 1. The summed E-state index contributed by atoms with van der Waals surface area (Å²) < 4.78 is 12.3. The van der Waals surface area contributed by atoms with Gasteiger partial charge >= 0.3 is 0 Å². The fourth-order valence-electron chi connectivity index (χ4n) is 3.55. The van der Waals surface area contributed by atoms with Gasteiger partial charge in [0.15, 0.2) is 11.5 Å². The molecule has 1 aliphatic rings. The highest BCUT2D eigenvalue weighted by Gasteiger charge is 2.23. The lowest BCUT2D eigenvalue weighted by Gasteiger charge is -2.34. The van der Waals surface area contributed by atoms with E-state index in [9.17, 15) is 5.11 Å². The third-order valence-electron chi connectivity index (χ3n) is 5.06. The second kappa shape index (κ2) is 9.56. The zero-order valence-corrected chi connectivity index (χ0v) is 16.3. The van der Waals surface area contributed by atoms with Crippen molar-refractivity contribution in [1.29, 1.82) is 0 Å². The van der Waals surface area contributed by atoms with Gasteiger partial charge in [0.25, 0.3) is 0 Å². The van der Waals surface area contributed by atoms with Crippen LogP contribution in [0.15, 0.2) is 78.9 Å². The molecule has 150 valence electrons.